The summed E-state index contributed by atoms with van der Waals surface area (Å²) in [7, 11) is 0. The van der Waals surface area contributed by atoms with E-state index >= 15 is 0 Å². The zero-order chi connectivity index (χ0) is 15.1. The third-order valence-corrected chi connectivity index (χ3v) is 3.89. The van der Waals surface area contributed by atoms with Crippen LogP contribution in [0.3, 0.4) is 0 Å². The van der Waals surface area contributed by atoms with Crippen LogP contribution in [0.4, 0.5) is 5.69 Å². The maximum atomic E-state index is 6.01. The minimum absolute atomic E-state index is 0.727. The molecule has 114 valence electrons. The second kappa shape index (κ2) is 8.20. The molecule has 0 spiro atoms. The smallest absolute Gasteiger partial charge is 0.0737 e. The van der Waals surface area contributed by atoms with Gasteiger partial charge in [0.25, 0.3) is 0 Å². The topological polar surface area (TPSA) is 28.2 Å². The van der Waals surface area contributed by atoms with Gasteiger partial charge in [-0.1, -0.05) is 25.4 Å². The van der Waals surface area contributed by atoms with Crippen LogP contribution in [-0.2, 0) is 0 Å². The summed E-state index contributed by atoms with van der Waals surface area (Å²) in [6, 6.07) is 7.88. The average Bonchev–Trinajstić information content (AvgIpc) is 2.50. The average molecular weight is 306 g/mol. The van der Waals surface area contributed by atoms with Gasteiger partial charge in [-0.25, -0.2) is 0 Å². The van der Waals surface area contributed by atoms with Crippen LogP contribution in [0.25, 0.3) is 10.9 Å². The number of pyridine rings is 1. The maximum Gasteiger partial charge on any atom is 0.0737 e. The lowest BCUT2D eigenvalue weighted by Gasteiger charge is -2.19. The molecule has 0 bridgehead atoms. The summed E-state index contributed by atoms with van der Waals surface area (Å²) in [6.07, 6.45) is 4.19. The first kappa shape index (κ1) is 16.1. The molecule has 0 unspecified atom stereocenters. The summed E-state index contributed by atoms with van der Waals surface area (Å²) in [4.78, 5) is 6.86. The lowest BCUT2D eigenvalue weighted by Crippen LogP contribution is -2.26. The maximum absolute atomic E-state index is 6.01. The number of nitrogens with one attached hydrogen (secondary N) is 1. The Morgan fingerprint density at radius 2 is 2.05 bits per heavy atom. The Bertz CT molecular complexity index is 571. The third kappa shape index (κ3) is 4.58. The Balaban J connectivity index is 1.92. The Kier molecular flexibility index (Phi) is 6.27. The summed E-state index contributed by atoms with van der Waals surface area (Å²) >= 11 is 6.01. The van der Waals surface area contributed by atoms with E-state index in [4.69, 9.17) is 11.6 Å². The summed E-state index contributed by atoms with van der Waals surface area (Å²) < 4.78 is 0. The first-order valence-electron chi connectivity index (χ1n) is 7.75. The monoisotopic (exact) mass is 305 g/mol. The second-order valence-corrected chi connectivity index (χ2v) is 5.67. The molecule has 0 saturated carbocycles. The van der Waals surface area contributed by atoms with E-state index < -0.39 is 0 Å². The zero-order valence-electron chi connectivity index (χ0n) is 12.9. The van der Waals surface area contributed by atoms with Gasteiger partial charge in [0.1, 0.15) is 0 Å². The molecule has 1 aromatic heterocycles. The normalized spacial score (nSPS) is 11.2. The predicted molar refractivity (Wildman–Crippen MR) is 92.3 cm³/mol. The van der Waals surface area contributed by atoms with Crippen molar-refractivity contribution in [2.45, 2.75) is 26.7 Å². The Hall–Kier alpha value is -1.32. The quantitative estimate of drug-likeness (QED) is 0.732. The Labute approximate surface area is 132 Å². The molecular weight excluding hydrogens is 282 g/mol. The van der Waals surface area contributed by atoms with Crippen LogP contribution in [0.1, 0.15) is 26.7 Å². The van der Waals surface area contributed by atoms with E-state index in [9.17, 15) is 0 Å². The van der Waals surface area contributed by atoms with Gasteiger partial charge in [0.2, 0.25) is 0 Å². The van der Waals surface area contributed by atoms with Crippen molar-refractivity contribution < 1.29 is 0 Å². The summed E-state index contributed by atoms with van der Waals surface area (Å²) in [5, 5.41) is 5.37. The number of halogens is 1. The van der Waals surface area contributed by atoms with Crippen molar-refractivity contribution in [3.63, 3.8) is 0 Å². The Morgan fingerprint density at radius 1 is 1.19 bits per heavy atom. The van der Waals surface area contributed by atoms with Gasteiger partial charge >= 0.3 is 0 Å². The highest BCUT2D eigenvalue weighted by atomic mass is 35.5. The third-order valence-electron chi connectivity index (χ3n) is 3.66. The first-order valence-corrected chi connectivity index (χ1v) is 8.13. The minimum Gasteiger partial charge on any atom is -0.384 e. The minimum atomic E-state index is 0.727. The van der Waals surface area contributed by atoms with Crippen molar-refractivity contribution in [1.82, 2.24) is 9.88 Å². The molecule has 0 aliphatic carbocycles. The lowest BCUT2D eigenvalue weighted by atomic mass is 10.2. The van der Waals surface area contributed by atoms with E-state index in [1.165, 1.54) is 13.0 Å². The van der Waals surface area contributed by atoms with E-state index in [0.29, 0.717) is 0 Å². The van der Waals surface area contributed by atoms with Gasteiger partial charge in [-0.2, -0.15) is 0 Å². The summed E-state index contributed by atoms with van der Waals surface area (Å²) in [5.74, 6) is 0. The molecule has 0 aliphatic rings. The number of hydrogen-bond donors (Lipinski definition) is 1. The van der Waals surface area contributed by atoms with Crippen LogP contribution < -0.4 is 5.32 Å². The molecule has 21 heavy (non-hydrogen) atoms. The number of anilines is 1. The van der Waals surface area contributed by atoms with E-state index in [1.54, 1.807) is 0 Å². The van der Waals surface area contributed by atoms with Crippen molar-refractivity contribution in [1.29, 1.82) is 0 Å². The highest BCUT2D eigenvalue weighted by Gasteiger charge is 2.03. The summed E-state index contributed by atoms with van der Waals surface area (Å²) in [5.41, 5.74) is 2.07. The van der Waals surface area contributed by atoms with Gasteiger partial charge < -0.3 is 10.2 Å². The largest absolute Gasteiger partial charge is 0.384 e. The molecule has 0 atom stereocenters. The fourth-order valence-corrected chi connectivity index (χ4v) is 2.71. The van der Waals surface area contributed by atoms with Crippen molar-refractivity contribution in [3.8, 4) is 0 Å². The van der Waals surface area contributed by atoms with Gasteiger partial charge in [-0.05, 0) is 56.7 Å². The molecule has 0 aliphatic heterocycles. The molecular formula is C17H24ClN3. The van der Waals surface area contributed by atoms with Crippen LogP contribution in [0.15, 0.2) is 30.5 Å². The molecule has 0 amide bonds. The van der Waals surface area contributed by atoms with Crippen LogP contribution in [0.5, 0.6) is 0 Å². The predicted octanol–water partition coefficient (Wildman–Crippen LogP) is 4.42. The van der Waals surface area contributed by atoms with Crippen LogP contribution in [0.2, 0.25) is 5.02 Å². The summed E-state index contributed by atoms with van der Waals surface area (Å²) in [6.45, 7) is 8.89. The van der Waals surface area contributed by atoms with E-state index in [1.807, 2.05) is 30.5 Å². The molecule has 3 nitrogen and oxygen atoms in total. The molecule has 2 aromatic rings. The highest BCUT2D eigenvalue weighted by Crippen LogP contribution is 2.24. The van der Waals surface area contributed by atoms with Gasteiger partial charge in [-0.15, -0.1) is 0 Å². The van der Waals surface area contributed by atoms with E-state index in [2.05, 4.69) is 29.0 Å². The van der Waals surface area contributed by atoms with Crippen molar-refractivity contribution >= 4 is 28.2 Å². The fraction of sp³-hybridized carbons (Fsp3) is 0.471. The van der Waals surface area contributed by atoms with E-state index in [-0.39, 0.29) is 0 Å². The molecule has 1 heterocycles. The number of aromatic nitrogens is 1. The van der Waals surface area contributed by atoms with Gasteiger partial charge in [0.05, 0.1) is 5.52 Å². The van der Waals surface area contributed by atoms with Crippen molar-refractivity contribution in [2.75, 3.05) is 31.5 Å². The van der Waals surface area contributed by atoms with Gasteiger partial charge in [0, 0.05) is 28.8 Å². The molecule has 0 radical (unpaired) electrons. The molecule has 4 heteroatoms. The number of nitrogens with zero attached hydrogens (tertiary/aromatic N) is 2. The van der Waals surface area contributed by atoms with Crippen LogP contribution in [0, 0.1) is 0 Å². The number of rotatable bonds is 8. The molecule has 1 aromatic carbocycles. The van der Waals surface area contributed by atoms with Gasteiger partial charge in [0.15, 0.2) is 0 Å². The fourth-order valence-electron chi connectivity index (χ4n) is 2.55. The number of fused-ring (bicyclic) bond motifs is 1. The molecule has 0 saturated heterocycles. The van der Waals surface area contributed by atoms with Crippen LogP contribution in [-0.4, -0.2) is 36.1 Å². The van der Waals surface area contributed by atoms with Crippen molar-refractivity contribution in [3.05, 3.63) is 35.5 Å². The second-order valence-electron chi connectivity index (χ2n) is 5.23. The number of benzene rings is 1. The highest BCUT2D eigenvalue weighted by molar-refractivity contribution is 6.31. The number of hydrogen-bond acceptors (Lipinski definition) is 3. The van der Waals surface area contributed by atoms with E-state index in [0.717, 1.165) is 47.7 Å². The first-order chi connectivity index (χ1) is 10.2. The van der Waals surface area contributed by atoms with Crippen LogP contribution >= 0.6 is 11.6 Å². The Morgan fingerprint density at radius 3 is 2.81 bits per heavy atom. The molecule has 1 N–H and O–H groups in total. The van der Waals surface area contributed by atoms with Gasteiger partial charge in [-0.3, -0.25) is 4.98 Å². The SMILES string of the molecule is CCCN(CC)CCCNc1ccnc2cc(Cl)ccc12. The standard InChI is InChI=1S/C17H24ClN3/c1-3-11-21(4-2)12-5-9-19-16-8-10-20-17-13-14(18)6-7-15(16)17/h6-8,10,13H,3-5,9,11-12H2,1-2H3,(H,19,20). The zero-order valence-corrected chi connectivity index (χ0v) is 13.7. The van der Waals surface area contributed by atoms with Crippen molar-refractivity contribution in [2.24, 2.45) is 0 Å². The lowest BCUT2D eigenvalue weighted by molar-refractivity contribution is 0.288. The molecule has 0 fully saturated rings. The molecule has 2 rings (SSSR count).